The summed E-state index contributed by atoms with van der Waals surface area (Å²) in [5.74, 6) is -0.183. The summed E-state index contributed by atoms with van der Waals surface area (Å²) in [5.41, 5.74) is 12.0. The third-order valence-electron chi connectivity index (χ3n) is 8.11. The first-order chi connectivity index (χ1) is 20.0. The van der Waals surface area contributed by atoms with Crippen LogP contribution >= 0.6 is 0 Å². The molecule has 4 aromatic carbocycles. The molecule has 0 fully saturated rings. The summed E-state index contributed by atoms with van der Waals surface area (Å²) >= 11 is 0. The van der Waals surface area contributed by atoms with Crippen LogP contribution in [0.5, 0.6) is 0 Å². The normalized spacial score (nSPS) is 13.1. The molecule has 4 aliphatic rings. The molecule has 1 unspecified atom stereocenters. The third kappa shape index (κ3) is 6.51. The quantitative estimate of drug-likeness (QED) is 0.220. The number of anilines is 2. The molecule has 0 heterocycles. The van der Waals surface area contributed by atoms with Crippen LogP contribution in [0.25, 0.3) is 22.3 Å². The largest absolute Gasteiger partial charge is 0.388 e. The van der Waals surface area contributed by atoms with Crippen LogP contribution in [0.4, 0.5) is 11.4 Å². The van der Waals surface area contributed by atoms with E-state index in [1.54, 1.807) is 11.8 Å². The minimum absolute atomic E-state index is 0.183. The summed E-state index contributed by atoms with van der Waals surface area (Å²) in [7, 11) is 1.96. The van der Waals surface area contributed by atoms with E-state index in [9.17, 15) is 9.59 Å². The van der Waals surface area contributed by atoms with E-state index < -0.39 is 6.04 Å². The second-order valence-electron chi connectivity index (χ2n) is 10.9. The highest BCUT2D eigenvalue weighted by Crippen LogP contribution is 2.33. The van der Waals surface area contributed by atoms with Gasteiger partial charge >= 0.3 is 0 Å². The van der Waals surface area contributed by atoms with Gasteiger partial charge in [0.05, 0.1) is 0 Å². The van der Waals surface area contributed by atoms with Gasteiger partial charge in [0.1, 0.15) is 6.04 Å². The zero-order valence-electron chi connectivity index (χ0n) is 24.2. The average Bonchev–Trinajstić information content (AvgIpc) is 3.00. The van der Waals surface area contributed by atoms with Crippen molar-refractivity contribution in [3.05, 3.63) is 107 Å². The Morgan fingerprint density at radius 1 is 0.805 bits per heavy atom. The molecule has 0 saturated carbocycles. The van der Waals surface area contributed by atoms with Gasteiger partial charge in [0.15, 0.2) is 0 Å². The lowest BCUT2D eigenvalue weighted by molar-refractivity contribution is -0.129. The molecular weight excluding hydrogens is 506 g/mol. The average molecular weight is 546 g/mol. The van der Waals surface area contributed by atoms with Crippen LogP contribution in [0, 0.1) is 0 Å². The van der Waals surface area contributed by atoms with Crippen LogP contribution in [0.15, 0.2) is 84.9 Å². The SMILES string of the molecule is CCCN(C=O)C(C)C(=O)Nc1cccc(-c2cc3ccc2CCc2ccc(c(-c4cccc(NC)c4)c2)CC3)c1. The van der Waals surface area contributed by atoms with Crippen LogP contribution in [-0.4, -0.2) is 36.9 Å². The van der Waals surface area contributed by atoms with Gasteiger partial charge in [-0.3, -0.25) is 9.59 Å². The molecule has 4 bridgehead atoms. The first kappa shape index (κ1) is 28.2. The fraction of sp³-hybridized carbons (Fsp3) is 0.278. The minimum Gasteiger partial charge on any atom is -0.388 e. The number of aryl methyl sites for hydroxylation is 4. The summed E-state index contributed by atoms with van der Waals surface area (Å²) in [5, 5.41) is 6.30. The van der Waals surface area contributed by atoms with E-state index in [0.29, 0.717) is 6.54 Å². The van der Waals surface area contributed by atoms with Crippen LogP contribution in [0.3, 0.4) is 0 Å². The number of benzene rings is 4. The molecule has 0 aromatic heterocycles. The van der Waals surface area contributed by atoms with E-state index >= 15 is 0 Å². The molecule has 0 aliphatic heterocycles. The number of amides is 2. The van der Waals surface area contributed by atoms with Gasteiger partial charge < -0.3 is 15.5 Å². The van der Waals surface area contributed by atoms with Crippen molar-refractivity contribution < 1.29 is 9.59 Å². The molecule has 1 atom stereocenters. The van der Waals surface area contributed by atoms with E-state index in [1.807, 2.05) is 32.2 Å². The number of nitrogens with one attached hydrogen (secondary N) is 2. The second kappa shape index (κ2) is 12.9. The monoisotopic (exact) mass is 545 g/mol. The number of carbonyl (C=O) groups excluding carboxylic acids is 2. The Balaban J connectivity index is 1.42. The molecule has 0 saturated heterocycles. The van der Waals surface area contributed by atoms with Crippen molar-refractivity contribution in [2.45, 2.75) is 52.0 Å². The lowest BCUT2D eigenvalue weighted by Crippen LogP contribution is -2.41. The van der Waals surface area contributed by atoms with Gasteiger partial charge in [0.25, 0.3) is 0 Å². The molecule has 2 N–H and O–H groups in total. The first-order valence-electron chi connectivity index (χ1n) is 14.6. The molecule has 4 aliphatic carbocycles. The number of nitrogens with zero attached hydrogens (tertiary/aromatic N) is 1. The van der Waals surface area contributed by atoms with Crippen LogP contribution in [-0.2, 0) is 35.3 Å². The van der Waals surface area contributed by atoms with Crippen molar-refractivity contribution in [3.8, 4) is 22.3 Å². The zero-order chi connectivity index (χ0) is 28.8. The maximum atomic E-state index is 12.9. The number of hydrogen-bond donors (Lipinski definition) is 2. The number of rotatable bonds is 9. The first-order valence-corrected chi connectivity index (χ1v) is 14.6. The summed E-state index contributed by atoms with van der Waals surface area (Å²) in [4.78, 5) is 25.9. The fourth-order valence-electron chi connectivity index (χ4n) is 5.69. The molecule has 5 nitrogen and oxygen atoms in total. The zero-order valence-corrected chi connectivity index (χ0v) is 24.2. The van der Waals surface area contributed by atoms with Gasteiger partial charge in [0.2, 0.25) is 12.3 Å². The Morgan fingerprint density at radius 3 is 1.90 bits per heavy atom. The topological polar surface area (TPSA) is 61.4 Å². The van der Waals surface area contributed by atoms with Gasteiger partial charge in [-0.1, -0.05) is 67.6 Å². The standard InChI is InChI=1S/C36H39N3O2/c1-4-19-39(24-40)25(2)36(41)38-33-10-6-8-31(23-33)35-21-27-12-16-28-15-11-26(13-17-29(35)18-14-27)20-34(28)30-7-5-9-32(22-30)37-3/h5-11,14-15,18,20-25,37H,4,12-13,16-17,19H2,1-3H3,(H,38,41). The minimum atomic E-state index is -0.530. The second-order valence-corrected chi connectivity index (χ2v) is 10.9. The highest BCUT2D eigenvalue weighted by Gasteiger charge is 2.20. The van der Waals surface area contributed by atoms with Crippen molar-refractivity contribution in [2.24, 2.45) is 0 Å². The van der Waals surface area contributed by atoms with Crippen molar-refractivity contribution in [3.63, 3.8) is 0 Å². The van der Waals surface area contributed by atoms with Gasteiger partial charge in [0, 0.05) is 25.0 Å². The Kier molecular flexibility index (Phi) is 8.83. The van der Waals surface area contributed by atoms with Gasteiger partial charge in [-0.05, 0) is 108 Å². The molecule has 0 radical (unpaired) electrons. The van der Waals surface area contributed by atoms with E-state index in [1.165, 1.54) is 38.9 Å². The Labute approximate surface area is 243 Å². The summed E-state index contributed by atoms with van der Waals surface area (Å²) in [6.07, 6.45) is 5.32. The summed E-state index contributed by atoms with van der Waals surface area (Å²) in [6.45, 7) is 4.32. The molecule has 41 heavy (non-hydrogen) atoms. The maximum Gasteiger partial charge on any atom is 0.246 e. The molecule has 2 amide bonds. The molecule has 8 rings (SSSR count). The maximum absolute atomic E-state index is 12.9. The number of hydrogen-bond acceptors (Lipinski definition) is 3. The van der Waals surface area contributed by atoms with Crippen LogP contribution in [0.2, 0.25) is 0 Å². The predicted molar refractivity (Wildman–Crippen MR) is 169 cm³/mol. The molecular formula is C36H39N3O2. The van der Waals surface area contributed by atoms with Crippen molar-refractivity contribution in [2.75, 3.05) is 24.2 Å². The van der Waals surface area contributed by atoms with Gasteiger partial charge in [-0.2, -0.15) is 0 Å². The Morgan fingerprint density at radius 2 is 1.37 bits per heavy atom. The van der Waals surface area contributed by atoms with Crippen molar-refractivity contribution in [1.29, 1.82) is 0 Å². The fourth-order valence-corrected chi connectivity index (χ4v) is 5.69. The molecule has 5 heteroatoms. The van der Waals surface area contributed by atoms with Gasteiger partial charge in [-0.15, -0.1) is 0 Å². The third-order valence-corrected chi connectivity index (χ3v) is 8.11. The predicted octanol–water partition coefficient (Wildman–Crippen LogP) is 7.14. The van der Waals surface area contributed by atoms with E-state index in [2.05, 4.69) is 77.4 Å². The highest BCUT2D eigenvalue weighted by molar-refractivity contribution is 5.96. The van der Waals surface area contributed by atoms with Crippen LogP contribution < -0.4 is 10.6 Å². The number of carbonyl (C=O) groups is 2. The van der Waals surface area contributed by atoms with Crippen molar-refractivity contribution >= 4 is 23.7 Å². The van der Waals surface area contributed by atoms with Crippen LogP contribution in [0.1, 0.15) is 42.5 Å². The van der Waals surface area contributed by atoms with E-state index in [4.69, 9.17) is 0 Å². The molecule has 4 aromatic rings. The smallest absolute Gasteiger partial charge is 0.246 e. The highest BCUT2D eigenvalue weighted by atomic mass is 16.2. The van der Waals surface area contributed by atoms with Gasteiger partial charge in [-0.25, -0.2) is 0 Å². The Bertz CT molecular complexity index is 1540. The lowest BCUT2D eigenvalue weighted by Gasteiger charge is -2.23. The van der Waals surface area contributed by atoms with E-state index in [0.717, 1.165) is 55.5 Å². The molecule has 210 valence electrons. The lowest BCUT2D eigenvalue weighted by atomic mass is 9.87. The van der Waals surface area contributed by atoms with Crippen molar-refractivity contribution in [1.82, 2.24) is 4.90 Å². The van der Waals surface area contributed by atoms with E-state index in [-0.39, 0.29) is 5.91 Å². The summed E-state index contributed by atoms with van der Waals surface area (Å²) in [6, 6.07) is 30.0. The Hall–Kier alpha value is -4.38. The molecule has 0 spiro atoms. The summed E-state index contributed by atoms with van der Waals surface area (Å²) < 4.78 is 0.